The monoisotopic (exact) mass is 362 g/mol. The van der Waals surface area contributed by atoms with Crippen molar-refractivity contribution in [3.8, 4) is 5.75 Å². The highest BCUT2D eigenvalue weighted by atomic mass is 127. The molecule has 0 atom stereocenters. The van der Waals surface area contributed by atoms with Crippen molar-refractivity contribution in [1.82, 2.24) is 0 Å². The van der Waals surface area contributed by atoms with Gasteiger partial charge in [0.05, 0.1) is 3.57 Å². The average Bonchev–Trinajstić information content (AvgIpc) is 2.27. The van der Waals surface area contributed by atoms with Crippen molar-refractivity contribution in [2.75, 3.05) is 0 Å². The van der Waals surface area contributed by atoms with Crippen LogP contribution in [-0.2, 0) is 0 Å². The molecule has 2 aromatic rings. The Morgan fingerprint density at radius 2 is 1.62 bits per heavy atom. The molecule has 0 bridgehead atoms. The maximum Gasteiger partial charge on any atom is 0.128 e. The van der Waals surface area contributed by atoms with Crippen LogP contribution in [-0.4, -0.2) is 5.11 Å². The quantitative estimate of drug-likeness (QED) is 0.774. The molecular weight excluding hydrogens is 355 g/mol. The van der Waals surface area contributed by atoms with E-state index in [9.17, 15) is 5.11 Å². The summed E-state index contributed by atoms with van der Waals surface area (Å²) in [4.78, 5) is 2.23. The molecule has 0 radical (unpaired) electrons. The standard InChI is InChI=1S/C12H8ClIOS/c13-8-1-3-9(4-2-8)16-10-5-6-12(15)11(14)7-10/h1-7,15H. The van der Waals surface area contributed by atoms with Gasteiger partial charge in [0, 0.05) is 14.8 Å². The Bertz CT molecular complexity index is 499. The van der Waals surface area contributed by atoms with Crippen molar-refractivity contribution in [3.05, 3.63) is 51.1 Å². The Balaban J connectivity index is 2.20. The topological polar surface area (TPSA) is 20.2 Å². The Morgan fingerprint density at radius 1 is 1.00 bits per heavy atom. The molecule has 16 heavy (non-hydrogen) atoms. The molecule has 0 aromatic heterocycles. The van der Waals surface area contributed by atoms with E-state index in [1.165, 1.54) is 0 Å². The Kier molecular flexibility index (Phi) is 4.00. The number of halogens is 2. The van der Waals surface area contributed by atoms with E-state index in [-0.39, 0.29) is 0 Å². The van der Waals surface area contributed by atoms with Crippen molar-refractivity contribution in [1.29, 1.82) is 0 Å². The second-order valence-electron chi connectivity index (χ2n) is 3.17. The zero-order valence-electron chi connectivity index (χ0n) is 8.15. The molecular formula is C12H8ClIOS. The highest BCUT2D eigenvalue weighted by Crippen LogP contribution is 2.31. The summed E-state index contributed by atoms with van der Waals surface area (Å²) in [5, 5.41) is 10.2. The van der Waals surface area contributed by atoms with Crippen LogP contribution in [0.2, 0.25) is 5.02 Å². The summed E-state index contributed by atoms with van der Waals surface area (Å²) in [6.07, 6.45) is 0. The molecule has 2 aromatic carbocycles. The molecule has 0 spiro atoms. The lowest BCUT2D eigenvalue weighted by molar-refractivity contribution is 0.471. The number of phenols is 1. The van der Waals surface area contributed by atoms with Gasteiger partial charge in [0.15, 0.2) is 0 Å². The third kappa shape index (κ3) is 3.06. The van der Waals surface area contributed by atoms with E-state index in [2.05, 4.69) is 22.6 Å². The molecule has 0 aliphatic rings. The number of hydrogen-bond donors (Lipinski definition) is 1. The third-order valence-electron chi connectivity index (χ3n) is 1.97. The fraction of sp³-hybridized carbons (Fsp3) is 0. The first-order valence-electron chi connectivity index (χ1n) is 4.57. The van der Waals surface area contributed by atoms with Crippen LogP contribution in [0.3, 0.4) is 0 Å². The van der Waals surface area contributed by atoms with Crippen molar-refractivity contribution in [2.24, 2.45) is 0 Å². The molecule has 1 nitrogen and oxygen atoms in total. The molecule has 2 rings (SSSR count). The summed E-state index contributed by atoms with van der Waals surface area (Å²) >= 11 is 9.58. The fourth-order valence-corrected chi connectivity index (χ4v) is 2.90. The summed E-state index contributed by atoms with van der Waals surface area (Å²) < 4.78 is 0.858. The van der Waals surface area contributed by atoms with Gasteiger partial charge in [0.1, 0.15) is 5.75 Å². The van der Waals surface area contributed by atoms with Crippen LogP contribution in [0.5, 0.6) is 5.75 Å². The van der Waals surface area contributed by atoms with Gasteiger partial charge >= 0.3 is 0 Å². The van der Waals surface area contributed by atoms with Gasteiger partial charge in [-0.25, -0.2) is 0 Å². The minimum Gasteiger partial charge on any atom is -0.507 e. The van der Waals surface area contributed by atoms with Crippen molar-refractivity contribution >= 4 is 46.0 Å². The van der Waals surface area contributed by atoms with E-state index in [1.54, 1.807) is 17.8 Å². The summed E-state index contributed by atoms with van der Waals surface area (Å²) in [7, 11) is 0. The fourth-order valence-electron chi connectivity index (χ4n) is 1.19. The molecule has 4 heteroatoms. The molecule has 0 fully saturated rings. The minimum atomic E-state index is 0.320. The van der Waals surface area contributed by atoms with Gasteiger partial charge in [0.2, 0.25) is 0 Å². The van der Waals surface area contributed by atoms with Gasteiger partial charge in [-0.05, 0) is 65.1 Å². The summed E-state index contributed by atoms with van der Waals surface area (Å²) in [5.74, 6) is 0.320. The van der Waals surface area contributed by atoms with Crippen LogP contribution < -0.4 is 0 Å². The largest absolute Gasteiger partial charge is 0.507 e. The molecule has 0 aliphatic carbocycles. The molecule has 82 valence electrons. The molecule has 0 amide bonds. The predicted molar refractivity (Wildman–Crippen MR) is 76.4 cm³/mol. The summed E-state index contributed by atoms with van der Waals surface area (Å²) in [6, 6.07) is 13.3. The first-order valence-corrected chi connectivity index (χ1v) is 6.84. The molecule has 0 aliphatic heterocycles. The maximum atomic E-state index is 9.41. The van der Waals surface area contributed by atoms with Crippen LogP contribution in [0, 0.1) is 3.57 Å². The number of hydrogen-bond acceptors (Lipinski definition) is 2. The number of aromatic hydroxyl groups is 1. The van der Waals surface area contributed by atoms with Gasteiger partial charge in [-0.1, -0.05) is 23.4 Å². The van der Waals surface area contributed by atoms with E-state index in [4.69, 9.17) is 11.6 Å². The van der Waals surface area contributed by atoms with E-state index in [0.717, 1.165) is 18.4 Å². The number of rotatable bonds is 2. The van der Waals surface area contributed by atoms with Crippen molar-refractivity contribution in [3.63, 3.8) is 0 Å². The van der Waals surface area contributed by atoms with Crippen molar-refractivity contribution < 1.29 is 5.11 Å². The average molecular weight is 363 g/mol. The zero-order valence-corrected chi connectivity index (χ0v) is 11.9. The predicted octanol–water partition coefficient (Wildman–Crippen LogP) is 4.80. The minimum absolute atomic E-state index is 0.320. The van der Waals surface area contributed by atoms with Gasteiger partial charge in [-0.3, -0.25) is 0 Å². The van der Waals surface area contributed by atoms with E-state index in [0.29, 0.717) is 5.75 Å². The molecule has 0 saturated heterocycles. The lowest BCUT2D eigenvalue weighted by Crippen LogP contribution is -1.77. The maximum absolute atomic E-state index is 9.41. The van der Waals surface area contributed by atoms with Gasteiger partial charge in [-0.15, -0.1) is 0 Å². The van der Waals surface area contributed by atoms with Gasteiger partial charge in [0.25, 0.3) is 0 Å². The van der Waals surface area contributed by atoms with Crippen molar-refractivity contribution in [2.45, 2.75) is 9.79 Å². The highest BCUT2D eigenvalue weighted by molar-refractivity contribution is 14.1. The molecule has 0 unspecified atom stereocenters. The van der Waals surface area contributed by atoms with Crippen LogP contribution in [0.15, 0.2) is 52.3 Å². The zero-order chi connectivity index (χ0) is 11.5. The second-order valence-corrected chi connectivity index (χ2v) is 5.91. The van der Waals surface area contributed by atoms with Crippen LogP contribution in [0.1, 0.15) is 0 Å². The van der Waals surface area contributed by atoms with E-state index in [1.807, 2.05) is 36.4 Å². The number of benzene rings is 2. The third-order valence-corrected chi connectivity index (χ3v) is 4.08. The Morgan fingerprint density at radius 3 is 2.25 bits per heavy atom. The van der Waals surface area contributed by atoms with E-state index < -0.39 is 0 Å². The molecule has 0 heterocycles. The summed E-state index contributed by atoms with van der Waals surface area (Å²) in [6.45, 7) is 0. The van der Waals surface area contributed by atoms with Crippen LogP contribution in [0.4, 0.5) is 0 Å². The lowest BCUT2D eigenvalue weighted by atomic mass is 10.3. The summed E-state index contributed by atoms with van der Waals surface area (Å²) in [5.41, 5.74) is 0. The van der Waals surface area contributed by atoms with Gasteiger partial charge < -0.3 is 5.11 Å². The smallest absolute Gasteiger partial charge is 0.128 e. The first-order chi connectivity index (χ1) is 7.65. The van der Waals surface area contributed by atoms with Crippen LogP contribution >= 0.6 is 46.0 Å². The van der Waals surface area contributed by atoms with Gasteiger partial charge in [-0.2, -0.15) is 0 Å². The number of phenolic OH excluding ortho intramolecular Hbond substituents is 1. The highest BCUT2D eigenvalue weighted by Gasteiger charge is 2.01. The van der Waals surface area contributed by atoms with E-state index >= 15 is 0 Å². The molecule has 0 saturated carbocycles. The Labute approximate surface area is 117 Å². The first kappa shape index (κ1) is 12.1. The molecule has 1 N–H and O–H groups in total. The van der Waals surface area contributed by atoms with Crippen LogP contribution in [0.25, 0.3) is 0 Å². The second kappa shape index (κ2) is 5.29. The Hall–Kier alpha value is -0.390. The normalized spacial score (nSPS) is 10.4. The SMILES string of the molecule is Oc1ccc(Sc2ccc(Cl)cc2)cc1I. The lowest BCUT2D eigenvalue weighted by Gasteiger charge is -2.03.